The predicted octanol–water partition coefficient (Wildman–Crippen LogP) is 1.33. The number of nitrogens with one attached hydrogen (secondary N) is 2. The maximum Gasteiger partial charge on any atom is 0.328 e. The highest BCUT2D eigenvalue weighted by Gasteiger charge is 2.22. The van der Waals surface area contributed by atoms with Gasteiger partial charge in [0.05, 0.1) is 20.8 Å². The Kier molecular flexibility index (Phi) is 7.37. The van der Waals surface area contributed by atoms with Crippen molar-refractivity contribution in [3.05, 3.63) is 65.7 Å². The van der Waals surface area contributed by atoms with E-state index in [2.05, 4.69) is 10.6 Å². The lowest BCUT2D eigenvalue weighted by molar-refractivity contribution is -0.144. The van der Waals surface area contributed by atoms with Gasteiger partial charge in [0.2, 0.25) is 5.91 Å². The molecule has 2 amide bonds. The van der Waals surface area contributed by atoms with E-state index in [1.807, 2.05) is 0 Å². The molecule has 0 aliphatic carbocycles. The molecule has 0 spiro atoms. The number of rotatable bonds is 8. The van der Waals surface area contributed by atoms with Crippen molar-refractivity contribution in [2.75, 3.05) is 20.8 Å². The molecule has 1 atom stereocenters. The molecule has 0 fully saturated rings. The summed E-state index contributed by atoms with van der Waals surface area (Å²) >= 11 is 0. The van der Waals surface area contributed by atoms with Gasteiger partial charge in [-0.1, -0.05) is 30.3 Å². The summed E-state index contributed by atoms with van der Waals surface area (Å²) in [5.41, 5.74) is 1.29. The van der Waals surface area contributed by atoms with E-state index in [9.17, 15) is 14.4 Å². The van der Waals surface area contributed by atoms with Crippen LogP contribution in [0.25, 0.3) is 0 Å². The fourth-order valence-corrected chi connectivity index (χ4v) is 2.43. The molecule has 0 aliphatic heterocycles. The third-order valence-corrected chi connectivity index (χ3v) is 3.87. The van der Waals surface area contributed by atoms with Crippen LogP contribution in [0.1, 0.15) is 15.9 Å². The Bertz CT molecular complexity index is 775. The normalized spacial score (nSPS) is 11.2. The molecule has 0 radical (unpaired) electrons. The van der Waals surface area contributed by atoms with E-state index < -0.39 is 17.9 Å². The summed E-state index contributed by atoms with van der Waals surface area (Å²) in [6.07, 6.45) is 0.259. The van der Waals surface area contributed by atoms with Crippen molar-refractivity contribution in [3.8, 4) is 5.75 Å². The third-order valence-electron chi connectivity index (χ3n) is 3.87. The van der Waals surface area contributed by atoms with E-state index in [0.29, 0.717) is 11.3 Å². The Morgan fingerprint density at radius 3 is 2.22 bits per heavy atom. The molecule has 7 nitrogen and oxygen atoms in total. The largest absolute Gasteiger partial charge is 0.497 e. The first-order chi connectivity index (χ1) is 13.0. The van der Waals surface area contributed by atoms with Crippen LogP contribution in [0.15, 0.2) is 54.6 Å². The van der Waals surface area contributed by atoms with E-state index in [-0.39, 0.29) is 18.9 Å². The van der Waals surface area contributed by atoms with Crippen molar-refractivity contribution in [1.29, 1.82) is 0 Å². The van der Waals surface area contributed by atoms with Gasteiger partial charge < -0.3 is 20.1 Å². The number of carbonyl (C=O) groups is 3. The van der Waals surface area contributed by atoms with Crippen LogP contribution in [0.5, 0.6) is 5.75 Å². The zero-order valence-corrected chi connectivity index (χ0v) is 15.2. The highest BCUT2D eigenvalue weighted by Crippen LogP contribution is 2.13. The van der Waals surface area contributed by atoms with E-state index in [1.54, 1.807) is 61.7 Å². The average Bonchev–Trinajstić information content (AvgIpc) is 2.72. The minimum atomic E-state index is -0.857. The molecule has 0 bridgehead atoms. The number of amides is 2. The zero-order chi connectivity index (χ0) is 19.6. The predicted molar refractivity (Wildman–Crippen MR) is 99.4 cm³/mol. The molecule has 2 N–H and O–H groups in total. The van der Waals surface area contributed by atoms with Gasteiger partial charge in [-0.2, -0.15) is 0 Å². The molecule has 27 heavy (non-hydrogen) atoms. The molecule has 0 aliphatic rings. The highest BCUT2D eigenvalue weighted by atomic mass is 16.5. The van der Waals surface area contributed by atoms with E-state index in [1.165, 1.54) is 7.11 Å². The number of hydrogen-bond donors (Lipinski definition) is 2. The van der Waals surface area contributed by atoms with Crippen LogP contribution in [-0.4, -0.2) is 44.6 Å². The van der Waals surface area contributed by atoms with Gasteiger partial charge in [0.25, 0.3) is 5.91 Å². The SMILES string of the molecule is COC(=O)[C@H](Cc1ccc(OC)cc1)NC(=O)CNC(=O)c1ccccc1. The summed E-state index contributed by atoms with van der Waals surface area (Å²) in [6.45, 7) is -0.246. The van der Waals surface area contributed by atoms with Gasteiger partial charge in [0.15, 0.2) is 0 Å². The first-order valence-electron chi connectivity index (χ1n) is 8.37. The summed E-state index contributed by atoms with van der Waals surface area (Å²) in [6, 6.07) is 14.8. The summed E-state index contributed by atoms with van der Waals surface area (Å²) in [5.74, 6) is -0.715. The van der Waals surface area contributed by atoms with Crippen LogP contribution in [0.4, 0.5) is 0 Å². The Morgan fingerprint density at radius 1 is 0.963 bits per heavy atom. The number of hydrogen-bond acceptors (Lipinski definition) is 5. The van der Waals surface area contributed by atoms with Crippen LogP contribution in [0.3, 0.4) is 0 Å². The van der Waals surface area contributed by atoms with Gasteiger partial charge >= 0.3 is 5.97 Å². The molecule has 142 valence electrons. The summed E-state index contributed by atoms with van der Waals surface area (Å²) in [4.78, 5) is 36.1. The maximum atomic E-state index is 12.1. The molecule has 0 aromatic heterocycles. The van der Waals surface area contributed by atoms with Gasteiger partial charge in [-0.15, -0.1) is 0 Å². The Balaban J connectivity index is 1.93. The molecule has 2 rings (SSSR count). The monoisotopic (exact) mass is 370 g/mol. The topological polar surface area (TPSA) is 93.7 Å². The molecule has 2 aromatic rings. The van der Waals surface area contributed by atoms with E-state index in [4.69, 9.17) is 9.47 Å². The minimum Gasteiger partial charge on any atom is -0.497 e. The van der Waals surface area contributed by atoms with Crippen molar-refractivity contribution in [1.82, 2.24) is 10.6 Å². The van der Waals surface area contributed by atoms with Crippen molar-refractivity contribution in [3.63, 3.8) is 0 Å². The average molecular weight is 370 g/mol. The lowest BCUT2D eigenvalue weighted by Crippen LogP contribution is -2.47. The van der Waals surface area contributed by atoms with Gasteiger partial charge in [0.1, 0.15) is 11.8 Å². The van der Waals surface area contributed by atoms with Crippen molar-refractivity contribution < 1.29 is 23.9 Å². The van der Waals surface area contributed by atoms with Crippen LogP contribution in [-0.2, 0) is 20.7 Å². The molecular weight excluding hydrogens is 348 g/mol. The first kappa shape index (κ1) is 20.0. The zero-order valence-electron chi connectivity index (χ0n) is 15.2. The van der Waals surface area contributed by atoms with Crippen molar-refractivity contribution >= 4 is 17.8 Å². The van der Waals surface area contributed by atoms with Gasteiger partial charge in [-0.3, -0.25) is 9.59 Å². The molecule has 0 saturated heterocycles. The molecule has 0 heterocycles. The Labute approximate surface area is 157 Å². The number of methoxy groups -OCH3 is 2. The van der Waals surface area contributed by atoms with Crippen molar-refractivity contribution in [2.24, 2.45) is 0 Å². The quantitative estimate of drug-likeness (QED) is 0.684. The number of ether oxygens (including phenoxy) is 2. The molecule has 7 heteroatoms. The van der Waals surface area contributed by atoms with E-state index in [0.717, 1.165) is 5.56 Å². The number of benzene rings is 2. The lowest BCUT2D eigenvalue weighted by atomic mass is 10.1. The summed E-state index contributed by atoms with van der Waals surface area (Å²) < 4.78 is 9.86. The van der Waals surface area contributed by atoms with E-state index >= 15 is 0 Å². The van der Waals surface area contributed by atoms with Crippen LogP contribution in [0, 0.1) is 0 Å². The van der Waals surface area contributed by atoms with Crippen LogP contribution >= 0.6 is 0 Å². The van der Waals surface area contributed by atoms with Gasteiger partial charge in [-0.05, 0) is 29.8 Å². The molecular formula is C20H22N2O5. The molecule has 0 unspecified atom stereocenters. The maximum absolute atomic E-state index is 12.1. The number of esters is 1. The highest BCUT2D eigenvalue weighted by molar-refractivity contribution is 5.96. The fourth-order valence-electron chi connectivity index (χ4n) is 2.43. The second-order valence-corrected chi connectivity index (χ2v) is 5.74. The van der Waals surface area contributed by atoms with Crippen LogP contribution < -0.4 is 15.4 Å². The standard InChI is InChI=1S/C20H22N2O5/c1-26-16-10-8-14(9-11-16)12-17(20(25)27-2)22-18(23)13-21-19(24)15-6-4-3-5-7-15/h3-11,17H,12-13H2,1-2H3,(H,21,24)(H,22,23)/t17-/m0/s1. The molecule has 0 saturated carbocycles. The summed E-state index contributed by atoms with van der Waals surface area (Å²) in [7, 11) is 2.82. The minimum absolute atomic E-state index is 0.246. The van der Waals surface area contributed by atoms with Crippen LogP contribution in [0.2, 0.25) is 0 Å². The summed E-state index contributed by atoms with van der Waals surface area (Å²) in [5, 5.41) is 5.11. The smallest absolute Gasteiger partial charge is 0.328 e. The van der Waals surface area contributed by atoms with Gasteiger partial charge in [0, 0.05) is 12.0 Å². The first-order valence-corrected chi connectivity index (χ1v) is 8.37. The second-order valence-electron chi connectivity index (χ2n) is 5.74. The molecule has 2 aromatic carbocycles. The van der Waals surface area contributed by atoms with Crippen molar-refractivity contribution in [2.45, 2.75) is 12.5 Å². The number of carbonyl (C=O) groups excluding carboxylic acids is 3. The second kappa shape index (κ2) is 9.96. The Morgan fingerprint density at radius 2 is 1.63 bits per heavy atom. The third kappa shape index (κ3) is 6.14. The fraction of sp³-hybridized carbons (Fsp3) is 0.250. The lowest BCUT2D eigenvalue weighted by Gasteiger charge is -2.17. The van der Waals surface area contributed by atoms with Gasteiger partial charge in [-0.25, -0.2) is 4.79 Å². The Hall–Kier alpha value is -3.35.